The summed E-state index contributed by atoms with van der Waals surface area (Å²) in [6, 6.07) is 4.41. The Morgan fingerprint density at radius 3 is 2.90 bits per heavy atom. The Bertz CT molecular complexity index is 544. The van der Waals surface area contributed by atoms with Gasteiger partial charge in [-0.05, 0) is 25.5 Å². The minimum absolute atomic E-state index is 0.0221. The van der Waals surface area contributed by atoms with E-state index in [1.165, 1.54) is 12.1 Å². The van der Waals surface area contributed by atoms with Gasteiger partial charge in [-0.25, -0.2) is 0 Å². The van der Waals surface area contributed by atoms with Crippen LogP contribution in [0.5, 0.6) is 0 Å². The van der Waals surface area contributed by atoms with Crippen molar-refractivity contribution in [3.05, 3.63) is 38.9 Å². The van der Waals surface area contributed by atoms with Crippen LogP contribution in [0.4, 0.5) is 5.69 Å². The van der Waals surface area contributed by atoms with Crippen molar-refractivity contribution >= 4 is 23.2 Å². The molecule has 114 valence electrons. The molecule has 0 spiro atoms. The first-order chi connectivity index (χ1) is 10.0. The molecule has 0 aromatic heterocycles. The minimum Gasteiger partial charge on any atom is -0.381 e. The maximum absolute atomic E-state index is 12.6. The van der Waals surface area contributed by atoms with Gasteiger partial charge in [0.1, 0.15) is 10.6 Å². The molecule has 1 amide bonds. The van der Waals surface area contributed by atoms with Crippen molar-refractivity contribution in [2.75, 3.05) is 26.3 Å². The summed E-state index contributed by atoms with van der Waals surface area (Å²) in [6.45, 7) is 4.21. The number of hydrogen-bond acceptors (Lipinski definition) is 4. The van der Waals surface area contributed by atoms with Gasteiger partial charge in [0, 0.05) is 25.6 Å². The van der Waals surface area contributed by atoms with Crippen LogP contribution in [0.15, 0.2) is 18.2 Å². The second-order valence-electron chi connectivity index (χ2n) is 4.97. The SMILES string of the molecule is CCN(CC1CCOC1)C(=O)c1cccc(Cl)c1[N+](=O)[O-]. The van der Waals surface area contributed by atoms with Crippen molar-refractivity contribution in [2.45, 2.75) is 13.3 Å². The van der Waals surface area contributed by atoms with E-state index in [1.54, 1.807) is 11.0 Å². The van der Waals surface area contributed by atoms with E-state index in [4.69, 9.17) is 16.3 Å². The minimum atomic E-state index is -0.609. The molecule has 1 aromatic rings. The predicted octanol–water partition coefficient (Wildman–Crippen LogP) is 2.75. The molecular formula is C14H17ClN2O4. The van der Waals surface area contributed by atoms with Crippen molar-refractivity contribution < 1.29 is 14.5 Å². The molecule has 1 aliphatic heterocycles. The van der Waals surface area contributed by atoms with E-state index < -0.39 is 4.92 Å². The van der Waals surface area contributed by atoms with Gasteiger partial charge < -0.3 is 9.64 Å². The molecule has 0 radical (unpaired) electrons. The fourth-order valence-electron chi connectivity index (χ4n) is 2.44. The number of benzene rings is 1. The Kier molecular flexibility index (Phi) is 5.14. The van der Waals surface area contributed by atoms with E-state index in [0.717, 1.165) is 6.42 Å². The first-order valence-corrected chi connectivity index (χ1v) is 7.22. The zero-order valence-corrected chi connectivity index (χ0v) is 12.5. The molecule has 0 saturated carbocycles. The van der Waals surface area contributed by atoms with Crippen molar-refractivity contribution in [3.8, 4) is 0 Å². The van der Waals surface area contributed by atoms with Gasteiger partial charge in [-0.2, -0.15) is 0 Å². The van der Waals surface area contributed by atoms with Gasteiger partial charge in [0.05, 0.1) is 11.5 Å². The Morgan fingerprint density at radius 1 is 1.57 bits per heavy atom. The maximum atomic E-state index is 12.6. The number of rotatable bonds is 5. The molecule has 1 aromatic carbocycles. The van der Waals surface area contributed by atoms with Crippen LogP contribution >= 0.6 is 11.6 Å². The van der Waals surface area contributed by atoms with Gasteiger partial charge in [-0.1, -0.05) is 17.7 Å². The van der Waals surface area contributed by atoms with Crippen molar-refractivity contribution in [3.63, 3.8) is 0 Å². The summed E-state index contributed by atoms with van der Waals surface area (Å²) in [6.07, 6.45) is 0.904. The Balaban J connectivity index is 2.24. The summed E-state index contributed by atoms with van der Waals surface area (Å²) in [5.74, 6) is -0.0780. The number of nitro benzene ring substituents is 1. The predicted molar refractivity (Wildman–Crippen MR) is 78.6 cm³/mol. The highest BCUT2D eigenvalue weighted by Gasteiger charge is 2.28. The molecule has 1 fully saturated rings. The highest BCUT2D eigenvalue weighted by atomic mass is 35.5. The molecule has 1 heterocycles. The molecule has 21 heavy (non-hydrogen) atoms. The standard InChI is InChI=1S/C14H17ClN2O4/c1-2-16(8-10-6-7-21-9-10)14(18)11-4-3-5-12(15)13(11)17(19)20/h3-5,10H,2,6-9H2,1H3. The molecule has 6 nitrogen and oxygen atoms in total. The zero-order chi connectivity index (χ0) is 15.4. The highest BCUT2D eigenvalue weighted by Crippen LogP contribution is 2.29. The number of halogens is 1. The number of amides is 1. The quantitative estimate of drug-likeness (QED) is 0.619. The van der Waals surface area contributed by atoms with E-state index in [1.807, 2.05) is 6.92 Å². The monoisotopic (exact) mass is 312 g/mol. The lowest BCUT2D eigenvalue weighted by atomic mass is 10.1. The molecular weight excluding hydrogens is 296 g/mol. The molecule has 1 unspecified atom stereocenters. The van der Waals surface area contributed by atoms with Gasteiger partial charge in [-0.15, -0.1) is 0 Å². The lowest BCUT2D eigenvalue weighted by Gasteiger charge is -2.23. The third kappa shape index (κ3) is 3.51. The summed E-state index contributed by atoms with van der Waals surface area (Å²) in [5, 5.41) is 11.1. The number of nitro groups is 1. The molecule has 1 saturated heterocycles. The summed E-state index contributed by atoms with van der Waals surface area (Å²) >= 11 is 5.85. The summed E-state index contributed by atoms with van der Waals surface area (Å²) in [5.41, 5.74) is -0.293. The Labute approximate surface area is 127 Å². The third-order valence-corrected chi connectivity index (χ3v) is 3.88. The fraction of sp³-hybridized carbons (Fsp3) is 0.500. The lowest BCUT2D eigenvalue weighted by Crippen LogP contribution is -2.35. The van der Waals surface area contributed by atoms with Crippen LogP contribution in [0.2, 0.25) is 5.02 Å². The van der Waals surface area contributed by atoms with Crippen LogP contribution in [0.25, 0.3) is 0 Å². The topological polar surface area (TPSA) is 72.7 Å². The average molecular weight is 313 g/mol. The van der Waals surface area contributed by atoms with Crippen LogP contribution in [0.1, 0.15) is 23.7 Å². The molecule has 0 aliphatic carbocycles. The smallest absolute Gasteiger partial charge is 0.300 e. The number of hydrogen-bond donors (Lipinski definition) is 0. The van der Waals surface area contributed by atoms with Crippen LogP contribution < -0.4 is 0 Å². The van der Waals surface area contributed by atoms with E-state index in [-0.39, 0.29) is 28.1 Å². The van der Waals surface area contributed by atoms with Crippen LogP contribution in [-0.2, 0) is 4.74 Å². The van der Waals surface area contributed by atoms with Crippen LogP contribution in [0, 0.1) is 16.0 Å². The van der Waals surface area contributed by atoms with E-state index >= 15 is 0 Å². The second kappa shape index (κ2) is 6.87. The first-order valence-electron chi connectivity index (χ1n) is 6.84. The number of carbonyl (C=O) groups is 1. The number of para-hydroxylation sites is 1. The highest BCUT2D eigenvalue weighted by molar-refractivity contribution is 6.33. The van der Waals surface area contributed by atoms with Crippen LogP contribution in [0.3, 0.4) is 0 Å². The molecule has 0 bridgehead atoms. The number of ether oxygens (including phenoxy) is 1. The fourth-order valence-corrected chi connectivity index (χ4v) is 2.68. The van der Waals surface area contributed by atoms with E-state index in [2.05, 4.69) is 0 Å². The summed E-state index contributed by atoms with van der Waals surface area (Å²) in [7, 11) is 0. The number of carbonyl (C=O) groups excluding carboxylic acids is 1. The summed E-state index contributed by atoms with van der Waals surface area (Å²) < 4.78 is 5.30. The largest absolute Gasteiger partial charge is 0.381 e. The van der Waals surface area contributed by atoms with Gasteiger partial charge in [0.2, 0.25) is 0 Å². The van der Waals surface area contributed by atoms with Gasteiger partial charge in [-0.3, -0.25) is 14.9 Å². The van der Waals surface area contributed by atoms with Crippen molar-refractivity contribution in [2.24, 2.45) is 5.92 Å². The third-order valence-electron chi connectivity index (χ3n) is 3.57. The average Bonchev–Trinajstić information content (AvgIpc) is 2.96. The lowest BCUT2D eigenvalue weighted by molar-refractivity contribution is -0.385. The molecule has 7 heteroatoms. The normalized spacial score (nSPS) is 17.7. The van der Waals surface area contributed by atoms with Gasteiger partial charge in [0.25, 0.3) is 5.91 Å². The Hall–Kier alpha value is -1.66. The molecule has 0 N–H and O–H groups in total. The van der Waals surface area contributed by atoms with Gasteiger partial charge in [0.15, 0.2) is 0 Å². The Morgan fingerprint density at radius 2 is 2.33 bits per heavy atom. The number of nitrogens with zero attached hydrogens (tertiary/aromatic N) is 2. The maximum Gasteiger partial charge on any atom is 0.300 e. The van der Waals surface area contributed by atoms with E-state index in [0.29, 0.717) is 26.3 Å². The first kappa shape index (κ1) is 15.7. The molecule has 1 atom stereocenters. The van der Waals surface area contributed by atoms with Crippen molar-refractivity contribution in [1.82, 2.24) is 4.90 Å². The second-order valence-corrected chi connectivity index (χ2v) is 5.37. The summed E-state index contributed by atoms with van der Waals surface area (Å²) in [4.78, 5) is 24.7. The van der Waals surface area contributed by atoms with Crippen molar-refractivity contribution in [1.29, 1.82) is 0 Å². The zero-order valence-electron chi connectivity index (χ0n) is 11.8. The molecule has 1 aliphatic rings. The van der Waals surface area contributed by atoms with Crippen LogP contribution in [-0.4, -0.2) is 42.0 Å². The van der Waals surface area contributed by atoms with E-state index in [9.17, 15) is 14.9 Å². The van der Waals surface area contributed by atoms with Gasteiger partial charge >= 0.3 is 5.69 Å². The molecule has 2 rings (SSSR count).